The summed E-state index contributed by atoms with van der Waals surface area (Å²) in [5.74, 6) is 0. The van der Waals surface area contributed by atoms with Crippen LogP contribution in [-0.4, -0.2) is 9.97 Å². The zero-order chi connectivity index (χ0) is 8.93. The Hall–Kier alpha value is -1.77. The van der Waals surface area contributed by atoms with E-state index in [9.17, 15) is 0 Å². The molecule has 0 aliphatic rings. The summed E-state index contributed by atoms with van der Waals surface area (Å²) in [5, 5.41) is 3.21. The molecular formula is C10H10N3. The van der Waals surface area contributed by atoms with Crippen molar-refractivity contribution in [1.82, 2.24) is 9.97 Å². The maximum atomic E-state index is 4.10. The summed E-state index contributed by atoms with van der Waals surface area (Å²) in [6.45, 7) is 0.726. The van der Waals surface area contributed by atoms with Crippen molar-refractivity contribution in [1.29, 1.82) is 0 Å². The summed E-state index contributed by atoms with van der Waals surface area (Å²) in [6, 6.07) is 10.9. The van der Waals surface area contributed by atoms with Gasteiger partial charge in [-0.1, -0.05) is 18.2 Å². The summed E-state index contributed by atoms with van der Waals surface area (Å²) in [5.41, 5.74) is 1.99. The predicted octanol–water partition coefficient (Wildman–Crippen LogP) is 1.82. The van der Waals surface area contributed by atoms with E-state index in [1.807, 2.05) is 30.5 Å². The van der Waals surface area contributed by atoms with E-state index in [1.165, 1.54) is 0 Å². The average Bonchev–Trinajstić information content (AvgIpc) is 2.69. The van der Waals surface area contributed by atoms with Crippen LogP contribution in [0, 0.1) is 6.07 Å². The van der Waals surface area contributed by atoms with Gasteiger partial charge in [0.25, 0.3) is 0 Å². The van der Waals surface area contributed by atoms with E-state index in [0.717, 1.165) is 17.9 Å². The minimum absolute atomic E-state index is 0.726. The molecule has 1 heterocycles. The Morgan fingerprint density at radius 1 is 1.46 bits per heavy atom. The number of para-hydroxylation sites is 1. The van der Waals surface area contributed by atoms with E-state index < -0.39 is 0 Å². The number of aromatic nitrogens is 2. The van der Waals surface area contributed by atoms with Gasteiger partial charge in [0.1, 0.15) is 0 Å². The first-order valence-corrected chi connectivity index (χ1v) is 4.13. The quantitative estimate of drug-likeness (QED) is 0.741. The van der Waals surface area contributed by atoms with Gasteiger partial charge < -0.3 is 10.3 Å². The summed E-state index contributed by atoms with van der Waals surface area (Å²) < 4.78 is 0. The van der Waals surface area contributed by atoms with Gasteiger partial charge in [0.05, 0.1) is 18.6 Å². The molecule has 0 saturated carbocycles. The lowest BCUT2D eigenvalue weighted by Gasteiger charge is -2.01. The molecule has 0 atom stereocenters. The maximum absolute atomic E-state index is 4.10. The van der Waals surface area contributed by atoms with Crippen LogP contribution in [0.2, 0.25) is 0 Å². The van der Waals surface area contributed by atoms with Crippen LogP contribution in [0.4, 0.5) is 5.69 Å². The van der Waals surface area contributed by atoms with Crippen LogP contribution in [0.3, 0.4) is 0 Å². The van der Waals surface area contributed by atoms with Crippen molar-refractivity contribution in [3.63, 3.8) is 0 Å². The number of hydrogen-bond donors (Lipinski definition) is 2. The van der Waals surface area contributed by atoms with Crippen LogP contribution >= 0.6 is 0 Å². The molecule has 0 aliphatic heterocycles. The third-order valence-corrected chi connectivity index (χ3v) is 1.72. The molecule has 1 aromatic carbocycles. The van der Waals surface area contributed by atoms with E-state index in [4.69, 9.17) is 0 Å². The molecule has 0 amide bonds. The highest BCUT2D eigenvalue weighted by Crippen LogP contribution is 2.05. The molecule has 13 heavy (non-hydrogen) atoms. The summed E-state index contributed by atoms with van der Waals surface area (Å²) >= 11 is 0. The fourth-order valence-electron chi connectivity index (χ4n) is 1.08. The van der Waals surface area contributed by atoms with Crippen LogP contribution in [0.1, 0.15) is 5.69 Å². The fourth-order valence-corrected chi connectivity index (χ4v) is 1.08. The molecule has 0 fully saturated rings. The molecule has 3 nitrogen and oxygen atoms in total. The molecule has 0 bridgehead atoms. The van der Waals surface area contributed by atoms with Crippen molar-refractivity contribution in [3.8, 4) is 0 Å². The molecule has 0 aliphatic carbocycles. The standard InChI is InChI=1S/C10H10N3/c1-2-4-9(5-3-1)12-7-10-6-11-8-13-10/h1-4,6,8,12H,7H2,(H,11,13). The van der Waals surface area contributed by atoms with Crippen LogP contribution in [0.25, 0.3) is 0 Å². The zero-order valence-electron chi connectivity index (χ0n) is 7.12. The summed E-state index contributed by atoms with van der Waals surface area (Å²) in [6.07, 6.45) is 3.54. The first kappa shape index (κ1) is 7.86. The van der Waals surface area contributed by atoms with Crippen molar-refractivity contribution in [2.45, 2.75) is 6.54 Å². The highest BCUT2D eigenvalue weighted by Gasteiger charge is 1.93. The Kier molecular flexibility index (Phi) is 2.27. The van der Waals surface area contributed by atoms with Crippen molar-refractivity contribution in [2.75, 3.05) is 5.32 Å². The van der Waals surface area contributed by atoms with Gasteiger partial charge in [-0.15, -0.1) is 0 Å². The van der Waals surface area contributed by atoms with E-state index in [1.54, 1.807) is 6.33 Å². The number of rotatable bonds is 3. The fraction of sp³-hybridized carbons (Fsp3) is 0.100. The molecule has 2 aromatic rings. The molecule has 1 aromatic heterocycles. The first-order valence-electron chi connectivity index (χ1n) is 4.13. The molecule has 2 N–H and O–H groups in total. The van der Waals surface area contributed by atoms with Gasteiger partial charge >= 0.3 is 0 Å². The second-order valence-electron chi connectivity index (χ2n) is 2.69. The Bertz CT molecular complexity index is 340. The number of aromatic amines is 1. The van der Waals surface area contributed by atoms with Crippen molar-refractivity contribution < 1.29 is 0 Å². The first-order chi connectivity index (χ1) is 6.45. The molecular weight excluding hydrogens is 162 g/mol. The number of nitrogens with zero attached hydrogens (tertiary/aromatic N) is 1. The maximum Gasteiger partial charge on any atom is 0.0923 e. The van der Waals surface area contributed by atoms with E-state index in [0.29, 0.717) is 0 Å². The minimum Gasteiger partial charge on any atom is -0.379 e. The lowest BCUT2D eigenvalue weighted by atomic mass is 10.3. The Morgan fingerprint density at radius 3 is 3.15 bits per heavy atom. The van der Waals surface area contributed by atoms with Crippen LogP contribution < -0.4 is 5.32 Å². The predicted molar refractivity (Wildman–Crippen MR) is 51.2 cm³/mol. The number of hydrogen-bond acceptors (Lipinski definition) is 2. The van der Waals surface area contributed by atoms with Crippen molar-refractivity contribution in [2.24, 2.45) is 0 Å². The SMILES string of the molecule is [c]1ccccc1NCc1c[nH]cn1. The van der Waals surface area contributed by atoms with E-state index in [-0.39, 0.29) is 0 Å². The minimum atomic E-state index is 0.726. The highest BCUT2D eigenvalue weighted by molar-refractivity contribution is 5.41. The molecule has 0 saturated heterocycles. The van der Waals surface area contributed by atoms with Crippen LogP contribution in [0.15, 0.2) is 36.8 Å². The third-order valence-electron chi connectivity index (χ3n) is 1.72. The second-order valence-corrected chi connectivity index (χ2v) is 2.69. The van der Waals surface area contributed by atoms with Crippen LogP contribution in [0.5, 0.6) is 0 Å². The number of imidazole rings is 1. The van der Waals surface area contributed by atoms with Gasteiger partial charge in [-0.2, -0.15) is 0 Å². The van der Waals surface area contributed by atoms with E-state index >= 15 is 0 Å². The van der Waals surface area contributed by atoms with Crippen LogP contribution in [-0.2, 0) is 6.54 Å². The number of H-pyrrole nitrogens is 1. The molecule has 0 spiro atoms. The van der Waals surface area contributed by atoms with Crippen molar-refractivity contribution >= 4 is 5.69 Å². The monoisotopic (exact) mass is 172 g/mol. The Morgan fingerprint density at radius 2 is 2.46 bits per heavy atom. The summed E-state index contributed by atoms with van der Waals surface area (Å²) in [4.78, 5) is 7.00. The van der Waals surface area contributed by atoms with Gasteiger partial charge in [0.15, 0.2) is 0 Å². The average molecular weight is 172 g/mol. The lowest BCUT2D eigenvalue weighted by Crippen LogP contribution is -1.98. The molecule has 2 rings (SSSR count). The molecule has 3 heteroatoms. The topological polar surface area (TPSA) is 40.7 Å². The normalized spacial score (nSPS) is 9.85. The molecule has 65 valence electrons. The van der Waals surface area contributed by atoms with Gasteiger partial charge in [-0.05, 0) is 6.07 Å². The second kappa shape index (κ2) is 3.76. The van der Waals surface area contributed by atoms with Gasteiger partial charge in [-0.3, -0.25) is 0 Å². The van der Waals surface area contributed by atoms with Crippen molar-refractivity contribution in [3.05, 3.63) is 48.5 Å². The highest BCUT2D eigenvalue weighted by atomic mass is 14.9. The van der Waals surface area contributed by atoms with E-state index in [2.05, 4.69) is 21.4 Å². The number of anilines is 1. The van der Waals surface area contributed by atoms with Gasteiger partial charge in [0.2, 0.25) is 0 Å². The lowest BCUT2D eigenvalue weighted by molar-refractivity contribution is 1.07. The third kappa shape index (κ3) is 2.08. The summed E-state index contributed by atoms with van der Waals surface area (Å²) in [7, 11) is 0. The number of benzene rings is 1. The van der Waals surface area contributed by atoms with Gasteiger partial charge in [0, 0.05) is 18.0 Å². The zero-order valence-corrected chi connectivity index (χ0v) is 7.12. The van der Waals surface area contributed by atoms with Gasteiger partial charge in [-0.25, -0.2) is 4.98 Å². The molecule has 0 unspecified atom stereocenters. The molecule has 1 radical (unpaired) electrons. The smallest absolute Gasteiger partial charge is 0.0923 e. The number of nitrogens with one attached hydrogen (secondary N) is 2. The largest absolute Gasteiger partial charge is 0.379 e. The Balaban J connectivity index is 1.94. The Labute approximate surface area is 76.8 Å².